The topological polar surface area (TPSA) is 43.4 Å². The molecule has 3 heteroatoms. The second kappa shape index (κ2) is 5.65. The van der Waals surface area contributed by atoms with Gasteiger partial charge in [-0.3, -0.25) is 9.59 Å². The van der Waals surface area contributed by atoms with Gasteiger partial charge in [0.2, 0.25) is 0 Å². The van der Waals surface area contributed by atoms with Crippen molar-refractivity contribution in [3.8, 4) is 0 Å². The number of rotatable bonds is 4. The van der Waals surface area contributed by atoms with Gasteiger partial charge in [-0.2, -0.15) is 0 Å². The van der Waals surface area contributed by atoms with Crippen LogP contribution in [-0.2, 0) is 14.3 Å². The van der Waals surface area contributed by atoms with E-state index >= 15 is 0 Å². The predicted molar refractivity (Wildman–Crippen MR) is 85.7 cm³/mol. The molecule has 0 aromatic heterocycles. The molecule has 1 unspecified atom stereocenters. The maximum absolute atomic E-state index is 12.1. The van der Waals surface area contributed by atoms with Crippen LogP contribution in [-0.4, -0.2) is 11.9 Å². The van der Waals surface area contributed by atoms with Crippen LogP contribution in [0.1, 0.15) is 35.8 Å². The van der Waals surface area contributed by atoms with E-state index in [2.05, 4.69) is 0 Å². The number of esters is 2. The van der Waals surface area contributed by atoms with Crippen molar-refractivity contribution in [3.05, 3.63) is 71.8 Å². The molecule has 2 saturated carbocycles. The summed E-state index contributed by atoms with van der Waals surface area (Å²) in [5, 5.41) is 0. The van der Waals surface area contributed by atoms with E-state index in [1.807, 2.05) is 60.7 Å². The van der Waals surface area contributed by atoms with E-state index in [1.54, 1.807) is 0 Å². The molecule has 2 aromatic carbocycles. The van der Waals surface area contributed by atoms with Gasteiger partial charge in [0.25, 0.3) is 0 Å². The Labute approximate surface area is 135 Å². The van der Waals surface area contributed by atoms with Crippen LogP contribution in [0.5, 0.6) is 0 Å². The highest BCUT2D eigenvalue weighted by Gasteiger charge is 2.49. The second-order valence-electron chi connectivity index (χ2n) is 6.46. The summed E-state index contributed by atoms with van der Waals surface area (Å²) < 4.78 is 5.12. The van der Waals surface area contributed by atoms with Crippen molar-refractivity contribution in [2.75, 3.05) is 0 Å². The fourth-order valence-electron chi connectivity index (χ4n) is 3.30. The van der Waals surface area contributed by atoms with Gasteiger partial charge in [0.05, 0.1) is 11.8 Å². The van der Waals surface area contributed by atoms with Crippen LogP contribution in [0, 0.1) is 11.8 Å². The molecule has 4 rings (SSSR count). The predicted octanol–water partition coefficient (Wildman–Crippen LogP) is 3.66. The van der Waals surface area contributed by atoms with Crippen LogP contribution in [0.4, 0.5) is 0 Å². The van der Waals surface area contributed by atoms with Crippen molar-refractivity contribution in [3.63, 3.8) is 0 Å². The molecule has 2 aliphatic rings. The van der Waals surface area contributed by atoms with Crippen LogP contribution >= 0.6 is 0 Å². The first-order valence-corrected chi connectivity index (χ1v) is 8.09. The average Bonchev–Trinajstić information content (AvgIpc) is 3.49. The van der Waals surface area contributed by atoms with E-state index in [0.29, 0.717) is 0 Å². The van der Waals surface area contributed by atoms with Crippen LogP contribution < -0.4 is 0 Å². The summed E-state index contributed by atoms with van der Waals surface area (Å²) in [4.78, 5) is 24.3. The van der Waals surface area contributed by atoms with Crippen molar-refractivity contribution in [2.45, 2.75) is 24.7 Å². The van der Waals surface area contributed by atoms with Crippen LogP contribution in [0.3, 0.4) is 0 Å². The zero-order chi connectivity index (χ0) is 15.8. The SMILES string of the molecule is O=C(OC(=O)[C@H]1C[C@@H]1c1ccccc1)C1C[C@H]1c1ccccc1. The number of ether oxygens (including phenoxy) is 1. The number of hydrogen-bond acceptors (Lipinski definition) is 3. The van der Waals surface area contributed by atoms with Gasteiger partial charge < -0.3 is 4.74 Å². The number of carbonyl (C=O) groups excluding carboxylic acids is 2. The quantitative estimate of drug-likeness (QED) is 0.639. The highest BCUT2D eigenvalue weighted by molar-refractivity contribution is 5.91. The van der Waals surface area contributed by atoms with E-state index < -0.39 is 0 Å². The Morgan fingerprint density at radius 1 is 0.696 bits per heavy atom. The minimum Gasteiger partial charge on any atom is -0.393 e. The van der Waals surface area contributed by atoms with Gasteiger partial charge in [0.1, 0.15) is 0 Å². The molecule has 2 aliphatic carbocycles. The lowest BCUT2D eigenvalue weighted by atomic mass is 10.1. The van der Waals surface area contributed by atoms with Crippen molar-refractivity contribution >= 4 is 11.9 Å². The van der Waals surface area contributed by atoms with E-state index in [-0.39, 0.29) is 35.6 Å². The maximum Gasteiger partial charge on any atom is 0.317 e. The van der Waals surface area contributed by atoms with Crippen LogP contribution in [0.15, 0.2) is 60.7 Å². The lowest BCUT2D eigenvalue weighted by Gasteiger charge is -2.03. The summed E-state index contributed by atoms with van der Waals surface area (Å²) in [6, 6.07) is 19.9. The Balaban J connectivity index is 1.32. The van der Waals surface area contributed by atoms with Crippen molar-refractivity contribution in [1.29, 1.82) is 0 Å². The lowest BCUT2D eigenvalue weighted by Crippen LogP contribution is -2.16. The molecular formula is C20H18O3. The Bertz CT molecular complexity index is 660. The molecule has 116 valence electrons. The Kier molecular flexibility index (Phi) is 3.49. The molecule has 0 heterocycles. The molecule has 2 aromatic rings. The highest BCUT2D eigenvalue weighted by atomic mass is 16.6. The summed E-state index contributed by atoms with van der Waals surface area (Å²) in [7, 11) is 0. The third-order valence-corrected chi connectivity index (χ3v) is 4.84. The molecule has 0 amide bonds. The molecule has 0 aliphatic heterocycles. The summed E-state index contributed by atoms with van der Waals surface area (Å²) >= 11 is 0. The number of hydrogen-bond donors (Lipinski definition) is 0. The monoisotopic (exact) mass is 306 g/mol. The van der Waals surface area contributed by atoms with Gasteiger partial charge >= 0.3 is 11.9 Å². The first-order valence-electron chi connectivity index (χ1n) is 8.09. The summed E-state index contributed by atoms with van der Waals surface area (Å²) in [5.41, 5.74) is 2.30. The van der Waals surface area contributed by atoms with Crippen molar-refractivity contribution < 1.29 is 14.3 Å². The highest BCUT2D eigenvalue weighted by Crippen LogP contribution is 2.50. The van der Waals surface area contributed by atoms with Gasteiger partial charge in [-0.1, -0.05) is 60.7 Å². The standard InChI is InChI=1S/C20H18O3/c21-19(17-11-15(17)13-7-3-1-4-8-13)23-20(22)18-12-16(18)14-9-5-2-6-10-14/h1-10,15-18H,11-12H2/t15-,16+,17+,18?/m1/s1. The van der Waals surface area contributed by atoms with Gasteiger partial charge in [0.15, 0.2) is 0 Å². The Hall–Kier alpha value is -2.42. The first kappa shape index (κ1) is 14.2. The minimum atomic E-state index is -0.359. The van der Waals surface area contributed by atoms with Crippen LogP contribution in [0.2, 0.25) is 0 Å². The third-order valence-electron chi connectivity index (χ3n) is 4.84. The zero-order valence-corrected chi connectivity index (χ0v) is 12.7. The normalized spacial score (nSPS) is 28.0. The van der Waals surface area contributed by atoms with Crippen LogP contribution in [0.25, 0.3) is 0 Å². The summed E-state index contributed by atoms with van der Waals surface area (Å²) in [6.45, 7) is 0. The Morgan fingerprint density at radius 2 is 1.09 bits per heavy atom. The molecule has 0 radical (unpaired) electrons. The summed E-state index contributed by atoms with van der Waals surface area (Å²) in [6.07, 6.45) is 1.56. The third kappa shape index (κ3) is 2.91. The molecule has 4 atom stereocenters. The second-order valence-corrected chi connectivity index (χ2v) is 6.46. The molecular weight excluding hydrogens is 288 g/mol. The molecule has 23 heavy (non-hydrogen) atoms. The molecule has 0 bridgehead atoms. The largest absolute Gasteiger partial charge is 0.393 e. The molecule has 0 saturated heterocycles. The molecule has 3 nitrogen and oxygen atoms in total. The van der Waals surface area contributed by atoms with Crippen molar-refractivity contribution in [1.82, 2.24) is 0 Å². The fraction of sp³-hybridized carbons (Fsp3) is 0.300. The first-order chi connectivity index (χ1) is 11.2. The molecule has 0 spiro atoms. The molecule has 0 N–H and O–H groups in total. The smallest absolute Gasteiger partial charge is 0.317 e. The van der Waals surface area contributed by atoms with Gasteiger partial charge in [-0.05, 0) is 35.8 Å². The maximum atomic E-state index is 12.1. The average molecular weight is 306 g/mol. The van der Waals surface area contributed by atoms with Gasteiger partial charge in [0, 0.05) is 0 Å². The van der Waals surface area contributed by atoms with E-state index in [4.69, 9.17) is 4.74 Å². The summed E-state index contributed by atoms with van der Waals surface area (Å²) in [5.74, 6) is -0.614. The van der Waals surface area contributed by atoms with E-state index in [0.717, 1.165) is 24.0 Å². The van der Waals surface area contributed by atoms with Crippen molar-refractivity contribution in [2.24, 2.45) is 11.8 Å². The van der Waals surface area contributed by atoms with Gasteiger partial charge in [-0.15, -0.1) is 0 Å². The van der Waals surface area contributed by atoms with Gasteiger partial charge in [-0.25, -0.2) is 0 Å². The van der Waals surface area contributed by atoms with E-state index in [1.165, 1.54) is 0 Å². The Morgan fingerprint density at radius 3 is 1.48 bits per heavy atom. The fourth-order valence-corrected chi connectivity index (χ4v) is 3.30. The van der Waals surface area contributed by atoms with E-state index in [9.17, 15) is 9.59 Å². The number of carbonyl (C=O) groups is 2. The molecule has 2 fully saturated rings. The number of benzene rings is 2. The lowest BCUT2D eigenvalue weighted by molar-refractivity contribution is -0.161. The zero-order valence-electron chi connectivity index (χ0n) is 12.7. The minimum absolute atomic E-state index is 0.157.